The molecule has 0 aliphatic carbocycles. The molecule has 0 spiro atoms. The molecule has 2 rings (SSSR count). The molecule has 3 nitrogen and oxygen atoms in total. The predicted molar refractivity (Wildman–Crippen MR) is 101 cm³/mol. The van der Waals surface area contributed by atoms with E-state index >= 15 is 0 Å². The summed E-state index contributed by atoms with van der Waals surface area (Å²) in [4.78, 5) is 12.2. The first-order valence-corrected chi connectivity index (χ1v) is 8.98. The molecule has 24 heavy (non-hydrogen) atoms. The van der Waals surface area contributed by atoms with E-state index in [-0.39, 0.29) is 11.7 Å². The topological polar surface area (TPSA) is 52.9 Å². The molecule has 5 heteroatoms. The van der Waals surface area contributed by atoms with Crippen molar-refractivity contribution in [3.8, 4) is 6.07 Å². The van der Waals surface area contributed by atoms with Crippen molar-refractivity contribution in [2.24, 2.45) is 0 Å². The summed E-state index contributed by atoms with van der Waals surface area (Å²) in [5, 5.41) is 14.4. The average Bonchev–Trinajstić information content (AvgIpc) is 2.55. The molecule has 1 aliphatic heterocycles. The Hall–Kier alpha value is -1.96. The molecule has 0 aromatic heterocycles. The molecule has 0 amide bonds. The highest BCUT2D eigenvalue weighted by Gasteiger charge is 2.32. The Kier molecular flexibility index (Phi) is 6.30. The molecular weight excluding hydrogens is 340 g/mol. The van der Waals surface area contributed by atoms with Gasteiger partial charge in [0.05, 0.1) is 22.6 Å². The summed E-state index contributed by atoms with van der Waals surface area (Å²) in [5.74, 6) is 0.365. The third kappa shape index (κ3) is 3.92. The number of halogens is 1. The molecule has 0 saturated heterocycles. The first-order valence-electron chi connectivity index (χ1n) is 7.62. The normalized spacial score (nSPS) is 17.9. The van der Waals surface area contributed by atoms with E-state index in [2.05, 4.69) is 11.4 Å². The number of thioether (sulfide) groups is 1. The van der Waals surface area contributed by atoms with Crippen molar-refractivity contribution < 1.29 is 4.79 Å². The number of carbonyl (C=O) groups is 1. The first-order chi connectivity index (χ1) is 11.5. The summed E-state index contributed by atoms with van der Waals surface area (Å²) in [6, 6.07) is 9.62. The number of ketones is 1. The lowest BCUT2D eigenvalue weighted by molar-refractivity contribution is -0.113. The van der Waals surface area contributed by atoms with Crippen LogP contribution >= 0.6 is 23.4 Å². The molecule has 1 atom stereocenters. The summed E-state index contributed by atoms with van der Waals surface area (Å²) in [5.41, 5.74) is 2.89. The van der Waals surface area contributed by atoms with Gasteiger partial charge < -0.3 is 5.32 Å². The van der Waals surface area contributed by atoms with Crippen molar-refractivity contribution in [3.63, 3.8) is 0 Å². The third-order valence-corrected chi connectivity index (χ3v) is 5.01. The van der Waals surface area contributed by atoms with Gasteiger partial charge in [-0.05, 0) is 38.5 Å². The van der Waals surface area contributed by atoms with Gasteiger partial charge in [0.25, 0.3) is 0 Å². The third-order valence-electron chi connectivity index (χ3n) is 3.79. The smallest absolute Gasteiger partial charge is 0.158 e. The van der Waals surface area contributed by atoms with E-state index in [0.717, 1.165) is 22.0 Å². The summed E-state index contributed by atoms with van der Waals surface area (Å²) >= 11 is 7.54. The van der Waals surface area contributed by atoms with Gasteiger partial charge in [-0.3, -0.25) is 4.79 Å². The second kappa shape index (κ2) is 8.23. The molecule has 1 aromatic carbocycles. The van der Waals surface area contributed by atoms with E-state index in [1.807, 2.05) is 38.1 Å². The Morgan fingerprint density at radius 3 is 2.62 bits per heavy atom. The Bertz CT molecular complexity index is 770. The zero-order valence-electron chi connectivity index (χ0n) is 13.9. The van der Waals surface area contributed by atoms with Crippen molar-refractivity contribution in [1.82, 2.24) is 5.32 Å². The van der Waals surface area contributed by atoms with Gasteiger partial charge in [-0.2, -0.15) is 5.26 Å². The lowest BCUT2D eigenvalue weighted by Crippen LogP contribution is -2.27. The molecule has 1 aliphatic rings. The van der Waals surface area contributed by atoms with E-state index in [1.54, 1.807) is 23.9 Å². The summed E-state index contributed by atoms with van der Waals surface area (Å²) in [6.07, 6.45) is 4.01. The quantitative estimate of drug-likeness (QED) is 0.758. The summed E-state index contributed by atoms with van der Waals surface area (Å²) in [6.45, 7) is 5.38. The van der Waals surface area contributed by atoms with Gasteiger partial charge in [0, 0.05) is 22.0 Å². The molecule has 1 N–H and O–H groups in total. The van der Waals surface area contributed by atoms with E-state index in [0.29, 0.717) is 16.2 Å². The van der Waals surface area contributed by atoms with Crippen LogP contribution in [0.1, 0.15) is 32.3 Å². The van der Waals surface area contributed by atoms with Gasteiger partial charge in [0.2, 0.25) is 0 Å². The van der Waals surface area contributed by atoms with Crippen LogP contribution in [0.3, 0.4) is 0 Å². The minimum atomic E-state index is -0.362. The molecule has 0 radical (unpaired) electrons. The number of Topliss-reactive ketones (excluding diaryl/α,β-unsaturated/α-hetero) is 1. The fourth-order valence-corrected chi connectivity index (χ4v) is 3.84. The van der Waals surface area contributed by atoms with Gasteiger partial charge in [-0.25, -0.2) is 0 Å². The molecular formula is C19H19ClN2OS. The number of nitrogens with zero attached hydrogens (tertiary/aromatic N) is 1. The lowest BCUT2D eigenvalue weighted by Gasteiger charge is -2.29. The molecule has 0 bridgehead atoms. The van der Waals surface area contributed by atoms with Crippen molar-refractivity contribution in [3.05, 3.63) is 68.9 Å². The minimum Gasteiger partial charge on any atom is -0.353 e. The van der Waals surface area contributed by atoms with E-state index < -0.39 is 0 Å². The fourth-order valence-electron chi connectivity index (χ4n) is 2.71. The average molecular weight is 359 g/mol. The highest BCUT2D eigenvalue weighted by molar-refractivity contribution is 8.03. The largest absolute Gasteiger partial charge is 0.353 e. The highest BCUT2D eigenvalue weighted by atomic mass is 35.5. The van der Waals surface area contributed by atoms with Gasteiger partial charge in [-0.1, -0.05) is 35.9 Å². The van der Waals surface area contributed by atoms with Crippen LogP contribution in [0.15, 0.2) is 58.3 Å². The van der Waals surface area contributed by atoms with Gasteiger partial charge in [0.15, 0.2) is 5.78 Å². The van der Waals surface area contributed by atoms with Crippen LogP contribution in [0.25, 0.3) is 0 Å². The van der Waals surface area contributed by atoms with Crippen molar-refractivity contribution >= 4 is 29.1 Å². The SMILES string of the molecule is CC=CCSC1=C(C#N)C(c2ccc(Cl)cc2)C(C(C)=O)=C(C)N1. The highest BCUT2D eigenvalue weighted by Crippen LogP contribution is 2.40. The Morgan fingerprint density at radius 2 is 2.08 bits per heavy atom. The standard InChI is InChI=1S/C19H19ClN2OS/c1-4-5-10-24-19-16(11-21)18(14-6-8-15(20)9-7-14)17(13(3)23)12(2)22-19/h4-9,18,22H,10H2,1-3H3. The summed E-state index contributed by atoms with van der Waals surface area (Å²) < 4.78 is 0. The maximum atomic E-state index is 12.2. The molecule has 1 heterocycles. The van der Waals surface area contributed by atoms with Gasteiger partial charge in [0.1, 0.15) is 0 Å². The van der Waals surface area contributed by atoms with Crippen LogP contribution in [-0.4, -0.2) is 11.5 Å². The predicted octanol–water partition coefficient (Wildman–Crippen LogP) is 4.93. The van der Waals surface area contributed by atoms with Crippen LogP contribution in [0.2, 0.25) is 5.02 Å². The second-order valence-corrected chi connectivity index (χ2v) is 6.91. The lowest BCUT2D eigenvalue weighted by atomic mass is 9.81. The van der Waals surface area contributed by atoms with Crippen LogP contribution in [0.5, 0.6) is 0 Å². The van der Waals surface area contributed by atoms with Crippen molar-refractivity contribution in [2.75, 3.05) is 5.75 Å². The van der Waals surface area contributed by atoms with Crippen LogP contribution in [0.4, 0.5) is 0 Å². The van der Waals surface area contributed by atoms with E-state index in [4.69, 9.17) is 11.6 Å². The number of dihydropyridines is 1. The number of nitriles is 1. The number of hydrogen-bond donors (Lipinski definition) is 1. The van der Waals surface area contributed by atoms with Gasteiger partial charge >= 0.3 is 0 Å². The number of rotatable bonds is 5. The first kappa shape index (κ1) is 18.4. The maximum Gasteiger partial charge on any atom is 0.158 e. The number of carbonyl (C=O) groups excluding carboxylic acids is 1. The Morgan fingerprint density at radius 1 is 1.42 bits per heavy atom. The molecule has 0 saturated carbocycles. The summed E-state index contributed by atoms with van der Waals surface area (Å²) in [7, 11) is 0. The minimum absolute atomic E-state index is 0.0368. The van der Waals surface area contributed by atoms with Crippen molar-refractivity contribution in [2.45, 2.75) is 26.7 Å². The number of hydrogen-bond acceptors (Lipinski definition) is 4. The number of allylic oxidation sites excluding steroid dienone is 4. The van der Waals surface area contributed by atoms with E-state index in [9.17, 15) is 10.1 Å². The monoisotopic (exact) mass is 358 g/mol. The molecule has 124 valence electrons. The zero-order chi connectivity index (χ0) is 17.7. The Labute approximate surface area is 152 Å². The van der Waals surface area contributed by atoms with Crippen molar-refractivity contribution in [1.29, 1.82) is 5.26 Å². The molecule has 1 aromatic rings. The fraction of sp³-hybridized carbons (Fsp3) is 0.263. The number of benzene rings is 1. The number of nitrogens with one attached hydrogen (secondary N) is 1. The second-order valence-electron chi connectivity index (χ2n) is 5.44. The van der Waals surface area contributed by atoms with Gasteiger partial charge in [-0.15, -0.1) is 11.8 Å². The Balaban J connectivity index is 2.55. The maximum absolute atomic E-state index is 12.2. The van der Waals surface area contributed by atoms with Crippen LogP contribution < -0.4 is 5.32 Å². The van der Waals surface area contributed by atoms with Crippen LogP contribution in [-0.2, 0) is 4.79 Å². The van der Waals surface area contributed by atoms with E-state index in [1.165, 1.54) is 6.92 Å². The zero-order valence-corrected chi connectivity index (χ0v) is 15.5. The molecule has 0 fully saturated rings. The molecule has 1 unspecified atom stereocenters. The van der Waals surface area contributed by atoms with Crippen LogP contribution in [0, 0.1) is 11.3 Å².